The summed E-state index contributed by atoms with van der Waals surface area (Å²) in [6, 6.07) is 1.15. The van der Waals surface area contributed by atoms with E-state index in [-0.39, 0.29) is 17.1 Å². The van der Waals surface area contributed by atoms with Crippen molar-refractivity contribution in [2.24, 2.45) is 0 Å². The molecule has 0 radical (unpaired) electrons. The second-order valence-corrected chi connectivity index (χ2v) is 4.97. The topological polar surface area (TPSA) is 112 Å². The molecule has 23 heavy (non-hydrogen) atoms. The fraction of sp³-hybridized carbons (Fsp3) is 0.357. The van der Waals surface area contributed by atoms with Crippen molar-refractivity contribution >= 4 is 17.5 Å². The van der Waals surface area contributed by atoms with Gasteiger partial charge in [-0.3, -0.25) is 10.1 Å². The van der Waals surface area contributed by atoms with Crippen molar-refractivity contribution < 1.29 is 19.0 Å². The van der Waals surface area contributed by atoms with Gasteiger partial charge in [-0.15, -0.1) is 0 Å². The number of pyridine rings is 1. The highest BCUT2D eigenvalue weighted by Crippen LogP contribution is 2.28. The number of hydrogen-bond donors (Lipinski definition) is 0. The maximum atomic E-state index is 11.5. The molecule has 0 N–H and O–H groups in total. The number of aryl methyl sites for hydroxylation is 2. The van der Waals surface area contributed by atoms with Crippen molar-refractivity contribution in [1.82, 2.24) is 10.1 Å². The highest BCUT2D eigenvalue weighted by Gasteiger charge is 2.23. The molecule has 0 atom stereocenters. The summed E-state index contributed by atoms with van der Waals surface area (Å²) in [5.74, 6) is 0.103. The Bertz CT molecular complexity index is 736. The summed E-state index contributed by atoms with van der Waals surface area (Å²) >= 11 is 0. The third-order valence-electron chi connectivity index (χ3n) is 3.40. The van der Waals surface area contributed by atoms with Gasteiger partial charge < -0.3 is 14.2 Å². The van der Waals surface area contributed by atoms with Gasteiger partial charge in [0.15, 0.2) is 0 Å². The lowest BCUT2D eigenvalue weighted by atomic mass is 10.2. The second kappa shape index (κ2) is 6.42. The summed E-state index contributed by atoms with van der Waals surface area (Å²) in [7, 11) is 2.87. The molecule has 0 saturated carbocycles. The van der Waals surface area contributed by atoms with Crippen LogP contribution in [0.4, 0.5) is 11.5 Å². The quantitative estimate of drug-likeness (QED) is 0.467. The van der Waals surface area contributed by atoms with Gasteiger partial charge in [-0.25, -0.2) is 9.78 Å². The molecule has 0 fully saturated rings. The van der Waals surface area contributed by atoms with Crippen molar-refractivity contribution in [2.75, 3.05) is 19.1 Å². The van der Waals surface area contributed by atoms with Crippen LogP contribution in [0, 0.1) is 24.0 Å². The first kappa shape index (κ1) is 16.4. The zero-order chi connectivity index (χ0) is 17.1. The molecular formula is C14H16N4O5. The van der Waals surface area contributed by atoms with E-state index in [0.29, 0.717) is 18.0 Å². The van der Waals surface area contributed by atoms with Crippen molar-refractivity contribution in [2.45, 2.75) is 20.4 Å². The third kappa shape index (κ3) is 3.28. The molecule has 0 bridgehead atoms. The number of methoxy groups -OCH3 is 1. The Hall–Kier alpha value is -2.97. The van der Waals surface area contributed by atoms with Crippen molar-refractivity contribution in [1.29, 1.82) is 0 Å². The fourth-order valence-corrected chi connectivity index (χ4v) is 2.14. The summed E-state index contributed by atoms with van der Waals surface area (Å²) in [6.45, 7) is 3.90. The molecular weight excluding hydrogens is 304 g/mol. The molecule has 2 rings (SSSR count). The Morgan fingerprint density at radius 2 is 2.17 bits per heavy atom. The standard InChI is InChI=1S/C14H16N4O5/c1-8-11(9(2)23-16-8)7-17(3)13-12(18(20)21)5-10(6-15-13)14(19)22-4/h5-6H,7H2,1-4H3. The summed E-state index contributed by atoms with van der Waals surface area (Å²) in [5.41, 5.74) is 1.29. The first-order chi connectivity index (χ1) is 10.8. The lowest BCUT2D eigenvalue weighted by molar-refractivity contribution is -0.384. The van der Waals surface area contributed by atoms with Gasteiger partial charge in [0.25, 0.3) is 0 Å². The van der Waals surface area contributed by atoms with Crippen LogP contribution in [0.2, 0.25) is 0 Å². The highest BCUT2D eigenvalue weighted by atomic mass is 16.6. The van der Waals surface area contributed by atoms with E-state index in [4.69, 9.17) is 4.52 Å². The molecule has 0 aliphatic carbocycles. The first-order valence-electron chi connectivity index (χ1n) is 6.70. The SMILES string of the molecule is COC(=O)c1cnc(N(C)Cc2c(C)noc2C)c([N+](=O)[O-])c1. The van der Waals surface area contributed by atoms with Gasteiger partial charge in [-0.2, -0.15) is 0 Å². The number of carbonyl (C=O) groups excluding carboxylic acids is 1. The molecule has 0 amide bonds. The zero-order valence-corrected chi connectivity index (χ0v) is 13.2. The number of esters is 1. The van der Waals surface area contributed by atoms with Gasteiger partial charge in [0.2, 0.25) is 5.82 Å². The van der Waals surface area contributed by atoms with E-state index in [2.05, 4.69) is 14.9 Å². The number of aromatic nitrogens is 2. The normalized spacial score (nSPS) is 10.4. The molecule has 0 saturated heterocycles. The number of ether oxygens (including phenoxy) is 1. The molecule has 2 aromatic rings. The summed E-state index contributed by atoms with van der Waals surface area (Å²) in [4.78, 5) is 27.8. The van der Waals surface area contributed by atoms with Crippen LogP contribution in [-0.4, -0.2) is 35.2 Å². The first-order valence-corrected chi connectivity index (χ1v) is 6.70. The van der Waals surface area contributed by atoms with E-state index in [1.807, 2.05) is 0 Å². The van der Waals surface area contributed by atoms with Crippen molar-refractivity contribution in [3.8, 4) is 0 Å². The number of anilines is 1. The van der Waals surface area contributed by atoms with Crippen LogP contribution in [-0.2, 0) is 11.3 Å². The highest BCUT2D eigenvalue weighted by molar-refractivity contribution is 5.90. The minimum absolute atomic E-state index is 0.0219. The van der Waals surface area contributed by atoms with E-state index in [9.17, 15) is 14.9 Å². The van der Waals surface area contributed by atoms with Crippen molar-refractivity contribution in [3.63, 3.8) is 0 Å². The second-order valence-electron chi connectivity index (χ2n) is 4.97. The van der Waals surface area contributed by atoms with Crippen LogP contribution >= 0.6 is 0 Å². The molecule has 122 valence electrons. The van der Waals surface area contributed by atoms with Crippen LogP contribution in [0.25, 0.3) is 0 Å². The maximum absolute atomic E-state index is 11.5. The molecule has 0 aliphatic heterocycles. The van der Waals surface area contributed by atoms with E-state index in [1.54, 1.807) is 25.8 Å². The van der Waals surface area contributed by atoms with E-state index in [1.165, 1.54) is 13.3 Å². The number of nitro groups is 1. The fourth-order valence-electron chi connectivity index (χ4n) is 2.14. The smallest absolute Gasteiger partial charge is 0.339 e. The molecule has 0 aromatic carbocycles. The Labute approximate surface area is 132 Å². The minimum Gasteiger partial charge on any atom is -0.465 e. The average Bonchev–Trinajstić information content (AvgIpc) is 2.85. The van der Waals surface area contributed by atoms with Gasteiger partial charge in [0.1, 0.15) is 5.76 Å². The Balaban J connectivity index is 2.38. The maximum Gasteiger partial charge on any atom is 0.339 e. The molecule has 9 heteroatoms. The van der Waals surface area contributed by atoms with Gasteiger partial charge in [0, 0.05) is 31.4 Å². The van der Waals surface area contributed by atoms with Crippen molar-refractivity contribution in [3.05, 3.63) is 45.0 Å². The number of rotatable bonds is 5. The predicted molar refractivity (Wildman–Crippen MR) is 80.3 cm³/mol. The van der Waals surface area contributed by atoms with E-state index in [0.717, 1.165) is 11.6 Å². The van der Waals surface area contributed by atoms with Crippen LogP contribution in [0.3, 0.4) is 0 Å². The monoisotopic (exact) mass is 320 g/mol. The Morgan fingerprint density at radius 3 is 2.70 bits per heavy atom. The number of carbonyl (C=O) groups is 1. The molecule has 2 heterocycles. The van der Waals surface area contributed by atoms with Crippen LogP contribution in [0.5, 0.6) is 0 Å². The lowest BCUT2D eigenvalue weighted by Crippen LogP contribution is -2.20. The zero-order valence-electron chi connectivity index (χ0n) is 13.2. The predicted octanol–water partition coefficient (Wildman–Crippen LogP) is 2.02. The summed E-state index contributed by atoms with van der Waals surface area (Å²) in [6.07, 6.45) is 1.25. The number of nitrogens with zero attached hydrogens (tertiary/aromatic N) is 4. The van der Waals surface area contributed by atoms with E-state index < -0.39 is 10.9 Å². The van der Waals surface area contributed by atoms with Gasteiger partial charge >= 0.3 is 11.7 Å². The van der Waals surface area contributed by atoms with Crippen LogP contribution in [0.15, 0.2) is 16.8 Å². The molecule has 2 aromatic heterocycles. The van der Waals surface area contributed by atoms with E-state index >= 15 is 0 Å². The number of hydrogen-bond acceptors (Lipinski definition) is 8. The molecule has 0 aliphatic rings. The third-order valence-corrected chi connectivity index (χ3v) is 3.40. The van der Waals surface area contributed by atoms with Gasteiger partial charge in [-0.05, 0) is 13.8 Å². The minimum atomic E-state index is -0.680. The molecule has 9 nitrogen and oxygen atoms in total. The largest absolute Gasteiger partial charge is 0.465 e. The summed E-state index contributed by atoms with van der Waals surface area (Å²) in [5, 5.41) is 15.1. The Morgan fingerprint density at radius 1 is 1.48 bits per heavy atom. The summed E-state index contributed by atoms with van der Waals surface area (Å²) < 4.78 is 9.63. The van der Waals surface area contributed by atoms with Gasteiger partial charge in [-0.1, -0.05) is 5.16 Å². The average molecular weight is 320 g/mol. The lowest BCUT2D eigenvalue weighted by Gasteiger charge is -2.18. The molecule has 0 spiro atoms. The Kier molecular flexibility index (Phi) is 4.58. The van der Waals surface area contributed by atoms with Crippen LogP contribution < -0.4 is 4.90 Å². The van der Waals surface area contributed by atoms with Gasteiger partial charge in [0.05, 0.1) is 23.3 Å². The molecule has 0 unspecified atom stereocenters. The van der Waals surface area contributed by atoms with Crippen LogP contribution in [0.1, 0.15) is 27.4 Å².